The van der Waals surface area contributed by atoms with Crippen molar-refractivity contribution in [1.29, 1.82) is 0 Å². The van der Waals surface area contributed by atoms with E-state index in [1.165, 1.54) is 42.7 Å². The van der Waals surface area contributed by atoms with Crippen LogP contribution in [0.2, 0.25) is 0 Å². The number of nitrogens with zero attached hydrogens (tertiary/aromatic N) is 2. The van der Waals surface area contributed by atoms with Crippen molar-refractivity contribution >= 4 is 22.7 Å². The van der Waals surface area contributed by atoms with Gasteiger partial charge in [-0.25, -0.2) is 4.39 Å². The summed E-state index contributed by atoms with van der Waals surface area (Å²) in [6, 6.07) is 8.73. The predicted molar refractivity (Wildman–Crippen MR) is 85.6 cm³/mol. The van der Waals surface area contributed by atoms with E-state index < -0.39 is 17.6 Å². The monoisotopic (exact) mass is 324 g/mol. The number of aryl methyl sites for hydroxylation is 1. The number of pyridine rings is 2. The molecule has 3 aromatic rings. The molecule has 24 heavy (non-hydrogen) atoms. The zero-order valence-corrected chi connectivity index (χ0v) is 12.7. The summed E-state index contributed by atoms with van der Waals surface area (Å²) in [4.78, 5) is 32.2. The molecule has 0 bridgehead atoms. The second-order valence-electron chi connectivity index (χ2n) is 5.10. The van der Waals surface area contributed by atoms with E-state index in [1.54, 1.807) is 13.0 Å². The number of aromatic nitrogens is 2. The molecule has 2 aromatic heterocycles. The molecule has 0 saturated heterocycles. The molecule has 0 aliphatic carbocycles. The van der Waals surface area contributed by atoms with Gasteiger partial charge in [0.25, 0.3) is 11.8 Å². The minimum atomic E-state index is -0.534. The Hall–Kier alpha value is -3.35. The van der Waals surface area contributed by atoms with Gasteiger partial charge < -0.3 is 0 Å². The molecular weight excluding hydrogens is 311 g/mol. The Morgan fingerprint density at radius 2 is 1.71 bits per heavy atom. The van der Waals surface area contributed by atoms with E-state index in [9.17, 15) is 14.0 Å². The zero-order chi connectivity index (χ0) is 17.1. The van der Waals surface area contributed by atoms with Crippen molar-refractivity contribution in [1.82, 2.24) is 20.8 Å². The highest BCUT2D eigenvalue weighted by Crippen LogP contribution is 2.17. The number of hydrazine groups is 1. The van der Waals surface area contributed by atoms with E-state index in [4.69, 9.17) is 0 Å². The Morgan fingerprint density at radius 1 is 1.00 bits per heavy atom. The number of amides is 2. The summed E-state index contributed by atoms with van der Waals surface area (Å²) >= 11 is 0. The second kappa shape index (κ2) is 6.41. The van der Waals surface area contributed by atoms with Crippen molar-refractivity contribution in [3.8, 4) is 0 Å². The van der Waals surface area contributed by atoms with E-state index in [0.29, 0.717) is 22.2 Å². The Morgan fingerprint density at radius 3 is 2.46 bits per heavy atom. The Balaban J connectivity index is 1.78. The standard InChI is InChI=1S/C17H13FN4O2/c1-10-14(9-12-8-13(18)2-3-15(12)20-10)17(24)22-21-16(23)11-4-6-19-7-5-11/h2-9H,1H3,(H,21,23)(H,22,24). The third kappa shape index (κ3) is 3.19. The number of hydrogen-bond acceptors (Lipinski definition) is 4. The molecule has 7 heteroatoms. The van der Waals surface area contributed by atoms with E-state index in [1.807, 2.05) is 0 Å². The molecule has 0 aliphatic heterocycles. The summed E-state index contributed by atoms with van der Waals surface area (Å²) in [7, 11) is 0. The maximum absolute atomic E-state index is 13.3. The Bertz CT molecular complexity index is 929. The van der Waals surface area contributed by atoms with Crippen LogP contribution in [0.5, 0.6) is 0 Å². The second-order valence-corrected chi connectivity index (χ2v) is 5.10. The van der Waals surface area contributed by atoms with Crippen LogP contribution >= 0.6 is 0 Å². The predicted octanol–water partition coefficient (Wildman–Crippen LogP) is 2.15. The van der Waals surface area contributed by atoms with Crippen molar-refractivity contribution in [2.75, 3.05) is 0 Å². The summed E-state index contributed by atoms with van der Waals surface area (Å²) in [5.74, 6) is -1.41. The van der Waals surface area contributed by atoms with Gasteiger partial charge in [0.1, 0.15) is 5.82 Å². The van der Waals surface area contributed by atoms with Crippen molar-refractivity contribution < 1.29 is 14.0 Å². The van der Waals surface area contributed by atoms with Crippen molar-refractivity contribution in [3.05, 3.63) is 71.4 Å². The van der Waals surface area contributed by atoms with Crippen LogP contribution in [0.15, 0.2) is 48.8 Å². The smallest absolute Gasteiger partial charge is 0.267 e. The molecule has 0 unspecified atom stereocenters. The average molecular weight is 324 g/mol. The summed E-state index contributed by atoms with van der Waals surface area (Å²) in [5.41, 5.74) is 6.32. The lowest BCUT2D eigenvalue weighted by Crippen LogP contribution is -2.41. The van der Waals surface area contributed by atoms with Gasteiger partial charge in [-0.3, -0.25) is 30.4 Å². The number of rotatable bonds is 2. The molecule has 6 nitrogen and oxygen atoms in total. The minimum absolute atomic E-state index is 0.253. The van der Waals surface area contributed by atoms with Crippen LogP contribution in [0.25, 0.3) is 10.9 Å². The fraction of sp³-hybridized carbons (Fsp3) is 0.0588. The molecule has 2 heterocycles. The lowest BCUT2D eigenvalue weighted by atomic mass is 10.1. The van der Waals surface area contributed by atoms with E-state index >= 15 is 0 Å². The van der Waals surface area contributed by atoms with Gasteiger partial charge in [0, 0.05) is 23.3 Å². The fourth-order valence-electron chi connectivity index (χ4n) is 2.23. The van der Waals surface area contributed by atoms with E-state index in [-0.39, 0.29) is 5.56 Å². The molecule has 3 rings (SSSR count). The van der Waals surface area contributed by atoms with Crippen LogP contribution in [-0.2, 0) is 0 Å². The van der Waals surface area contributed by atoms with Crippen LogP contribution < -0.4 is 10.9 Å². The quantitative estimate of drug-likeness (QED) is 0.708. The lowest BCUT2D eigenvalue weighted by Gasteiger charge is -2.10. The summed E-state index contributed by atoms with van der Waals surface area (Å²) in [5, 5.41) is 0.506. The molecule has 0 fully saturated rings. The van der Waals surface area contributed by atoms with Gasteiger partial charge >= 0.3 is 0 Å². The normalized spacial score (nSPS) is 10.4. The number of nitrogens with one attached hydrogen (secondary N) is 2. The maximum Gasteiger partial charge on any atom is 0.271 e. The molecule has 0 aliphatic rings. The molecule has 120 valence electrons. The minimum Gasteiger partial charge on any atom is -0.267 e. The van der Waals surface area contributed by atoms with Crippen LogP contribution in [0.3, 0.4) is 0 Å². The highest BCUT2D eigenvalue weighted by molar-refractivity contribution is 6.01. The van der Waals surface area contributed by atoms with Crippen molar-refractivity contribution in [2.45, 2.75) is 6.92 Å². The van der Waals surface area contributed by atoms with Crippen molar-refractivity contribution in [2.24, 2.45) is 0 Å². The number of carbonyl (C=O) groups is 2. The lowest BCUT2D eigenvalue weighted by molar-refractivity contribution is 0.0846. The Kier molecular flexibility index (Phi) is 4.15. The molecule has 0 radical (unpaired) electrons. The van der Waals surface area contributed by atoms with E-state index in [2.05, 4.69) is 20.8 Å². The molecule has 0 spiro atoms. The maximum atomic E-state index is 13.3. The third-order valence-electron chi connectivity index (χ3n) is 3.44. The first kappa shape index (κ1) is 15.5. The highest BCUT2D eigenvalue weighted by Gasteiger charge is 2.13. The number of benzene rings is 1. The number of halogens is 1. The molecule has 2 amide bonds. The zero-order valence-electron chi connectivity index (χ0n) is 12.7. The topological polar surface area (TPSA) is 84.0 Å². The third-order valence-corrected chi connectivity index (χ3v) is 3.44. The van der Waals surface area contributed by atoms with Crippen LogP contribution in [0.4, 0.5) is 4.39 Å². The average Bonchev–Trinajstić information content (AvgIpc) is 2.60. The van der Waals surface area contributed by atoms with Crippen molar-refractivity contribution in [3.63, 3.8) is 0 Å². The van der Waals surface area contributed by atoms with Gasteiger partial charge in [-0.05, 0) is 43.3 Å². The molecule has 0 saturated carbocycles. The fourth-order valence-corrected chi connectivity index (χ4v) is 2.23. The largest absolute Gasteiger partial charge is 0.271 e. The van der Waals surface area contributed by atoms with Crippen LogP contribution in [-0.4, -0.2) is 21.8 Å². The SMILES string of the molecule is Cc1nc2ccc(F)cc2cc1C(=O)NNC(=O)c1ccncc1. The first-order valence-corrected chi connectivity index (χ1v) is 7.12. The number of hydrogen-bond donors (Lipinski definition) is 2. The highest BCUT2D eigenvalue weighted by atomic mass is 19.1. The first-order chi connectivity index (χ1) is 11.5. The summed E-state index contributed by atoms with van der Waals surface area (Å²) in [6.45, 7) is 1.67. The summed E-state index contributed by atoms with van der Waals surface area (Å²) < 4.78 is 13.3. The van der Waals surface area contributed by atoms with Crippen LogP contribution in [0, 0.1) is 12.7 Å². The van der Waals surface area contributed by atoms with Gasteiger partial charge in [0.15, 0.2) is 0 Å². The van der Waals surface area contributed by atoms with Gasteiger partial charge in [-0.1, -0.05) is 0 Å². The molecular formula is C17H13FN4O2. The first-order valence-electron chi connectivity index (χ1n) is 7.12. The summed E-state index contributed by atoms with van der Waals surface area (Å²) in [6.07, 6.45) is 2.95. The number of carbonyl (C=O) groups excluding carboxylic acids is 2. The Labute approximate surface area is 136 Å². The molecule has 2 N–H and O–H groups in total. The van der Waals surface area contributed by atoms with E-state index in [0.717, 1.165) is 0 Å². The molecule has 0 atom stereocenters. The number of fused-ring (bicyclic) bond motifs is 1. The van der Waals surface area contributed by atoms with Gasteiger partial charge in [-0.2, -0.15) is 0 Å². The van der Waals surface area contributed by atoms with Gasteiger partial charge in [-0.15, -0.1) is 0 Å². The van der Waals surface area contributed by atoms with Gasteiger partial charge in [0.05, 0.1) is 16.8 Å². The van der Waals surface area contributed by atoms with Crippen LogP contribution in [0.1, 0.15) is 26.4 Å². The molecule has 1 aromatic carbocycles. The van der Waals surface area contributed by atoms with Gasteiger partial charge in [0.2, 0.25) is 0 Å².